The van der Waals surface area contributed by atoms with Gasteiger partial charge in [-0.25, -0.2) is 9.18 Å². The van der Waals surface area contributed by atoms with Gasteiger partial charge in [-0.05, 0) is 116 Å². The van der Waals surface area contributed by atoms with Crippen molar-refractivity contribution in [2.75, 3.05) is 38.8 Å². The minimum absolute atomic E-state index is 0.00787. The molecular formula is C54H62FN3O11S. The highest BCUT2D eigenvalue weighted by Gasteiger charge is 2.66. The zero-order valence-electron chi connectivity index (χ0n) is 39.3. The van der Waals surface area contributed by atoms with Crippen LogP contribution in [0.25, 0.3) is 0 Å². The average Bonchev–Trinajstić information content (AvgIpc) is 3.38. The van der Waals surface area contributed by atoms with Gasteiger partial charge in [0, 0.05) is 66.9 Å². The molecule has 7 atom stereocenters. The number of halogens is 1. The van der Waals surface area contributed by atoms with Crippen LogP contribution in [0, 0.1) is 33.7 Å². The molecule has 2 heterocycles. The predicted octanol–water partition coefficient (Wildman–Crippen LogP) is 10.8. The highest BCUT2D eigenvalue weighted by Crippen LogP contribution is 2.62. The second-order valence-corrected chi connectivity index (χ2v) is 19.2. The van der Waals surface area contributed by atoms with Crippen molar-refractivity contribution in [2.45, 2.75) is 99.7 Å². The van der Waals surface area contributed by atoms with Gasteiger partial charge >= 0.3 is 6.09 Å². The number of unbranched alkanes of at least 4 members (excludes halogenated alkanes) is 2. The third kappa shape index (κ3) is 12.0. The molecule has 4 aromatic rings. The summed E-state index contributed by atoms with van der Waals surface area (Å²) in [6.45, 7) is 5.05. The zero-order chi connectivity index (χ0) is 48.9. The van der Waals surface area contributed by atoms with E-state index in [2.05, 4.69) is 30.9 Å². The van der Waals surface area contributed by atoms with Crippen LogP contribution in [0.15, 0.2) is 131 Å². The molecule has 372 valence electrons. The lowest BCUT2D eigenvalue weighted by molar-refractivity contribution is -0.384. The van der Waals surface area contributed by atoms with Crippen LogP contribution in [0.2, 0.25) is 0 Å². The van der Waals surface area contributed by atoms with Crippen LogP contribution in [0.5, 0.6) is 17.2 Å². The molecule has 2 aliphatic carbocycles. The fourth-order valence-corrected chi connectivity index (χ4v) is 11.1. The Morgan fingerprint density at radius 2 is 1.73 bits per heavy atom. The highest BCUT2D eigenvalue weighted by molar-refractivity contribution is 7.99. The maximum atomic E-state index is 15.1. The molecule has 7 unspecified atom stereocenters. The van der Waals surface area contributed by atoms with E-state index in [1.807, 2.05) is 30.3 Å². The number of non-ortho nitro benzene ring substituents is 1. The van der Waals surface area contributed by atoms with E-state index < -0.39 is 40.9 Å². The molecule has 1 amide bonds. The molecule has 14 nitrogen and oxygen atoms in total. The first-order valence-corrected chi connectivity index (χ1v) is 25.3. The van der Waals surface area contributed by atoms with Crippen molar-refractivity contribution in [1.82, 2.24) is 4.90 Å². The Morgan fingerprint density at radius 3 is 2.44 bits per heavy atom. The molecule has 0 aromatic heterocycles. The quantitative estimate of drug-likeness (QED) is 0.0237. The van der Waals surface area contributed by atoms with E-state index >= 15 is 4.79 Å². The van der Waals surface area contributed by atoms with Crippen molar-refractivity contribution in [2.24, 2.45) is 22.9 Å². The Kier molecular flexibility index (Phi) is 17.6. The van der Waals surface area contributed by atoms with Crippen LogP contribution in [0.4, 0.5) is 14.9 Å². The summed E-state index contributed by atoms with van der Waals surface area (Å²) in [6.07, 6.45) is 9.27. The summed E-state index contributed by atoms with van der Waals surface area (Å²) in [5.74, 6) is -1.09. The number of carbonyl (C=O) groups is 1. The number of oxime groups is 1. The number of nitrogens with zero attached hydrogens (tertiary/aromatic N) is 3. The van der Waals surface area contributed by atoms with Crippen LogP contribution < -0.4 is 14.2 Å². The molecule has 0 radical (unpaired) electrons. The van der Waals surface area contributed by atoms with Gasteiger partial charge < -0.3 is 38.7 Å². The summed E-state index contributed by atoms with van der Waals surface area (Å²) in [5.41, 5.74) is 2.72. The molecule has 0 bridgehead atoms. The second-order valence-electron chi connectivity index (χ2n) is 18.1. The number of allylic oxidation sites excluding steroid dienone is 1. The molecule has 2 fully saturated rings. The van der Waals surface area contributed by atoms with Crippen molar-refractivity contribution >= 4 is 29.3 Å². The molecule has 2 N–H and O–H groups in total. The lowest BCUT2D eigenvalue weighted by atomic mass is 9.55. The summed E-state index contributed by atoms with van der Waals surface area (Å²) in [5, 5.41) is 36.5. The van der Waals surface area contributed by atoms with Crippen molar-refractivity contribution in [3.05, 3.63) is 148 Å². The maximum Gasteiger partial charge on any atom is 0.416 e. The fraction of sp³-hybridized carbons (Fsp3) is 0.444. The van der Waals surface area contributed by atoms with Gasteiger partial charge in [-0.2, -0.15) is 0 Å². The number of aliphatic hydroxyl groups excluding tert-OH is 2. The maximum absolute atomic E-state index is 15.1. The molecule has 4 aromatic carbocycles. The number of ether oxygens (including phenoxy) is 5. The molecule has 8 rings (SSSR count). The number of nitro groups is 1. The Balaban J connectivity index is 1.29. The molecule has 0 spiro atoms. The lowest BCUT2D eigenvalue weighted by Crippen LogP contribution is -2.70. The van der Waals surface area contributed by atoms with Crippen LogP contribution in [0.3, 0.4) is 0 Å². The smallest absolute Gasteiger partial charge is 0.416 e. The Bertz CT molecular complexity index is 2440. The van der Waals surface area contributed by atoms with E-state index in [0.717, 1.165) is 60.3 Å². The van der Waals surface area contributed by atoms with Crippen LogP contribution >= 0.6 is 11.8 Å². The minimum Gasteiger partial charge on any atom is -0.493 e. The van der Waals surface area contributed by atoms with Gasteiger partial charge in [-0.15, -0.1) is 18.3 Å². The van der Waals surface area contributed by atoms with E-state index in [1.165, 1.54) is 41.3 Å². The second kappa shape index (κ2) is 24.4. The highest BCUT2D eigenvalue weighted by atomic mass is 32.2. The predicted molar refractivity (Wildman–Crippen MR) is 263 cm³/mol. The number of fused-ring (bicyclic) bond motifs is 2. The normalized spacial score (nSPS) is 24.0. The number of hydrogen-bond acceptors (Lipinski definition) is 13. The number of rotatable bonds is 23. The zero-order valence-corrected chi connectivity index (χ0v) is 40.1. The summed E-state index contributed by atoms with van der Waals surface area (Å²) in [4.78, 5) is 35.1. The van der Waals surface area contributed by atoms with Gasteiger partial charge in [0.1, 0.15) is 29.1 Å². The van der Waals surface area contributed by atoms with Gasteiger partial charge in [0.2, 0.25) is 12.1 Å². The topological polar surface area (TPSA) is 172 Å². The first kappa shape index (κ1) is 50.6. The van der Waals surface area contributed by atoms with Gasteiger partial charge in [-0.3, -0.25) is 15.0 Å². The molecule has 70 heavy (non-hydrogen) atoms. The molecule has 16 heteroatoms. The Morgan fingerprint density at radius 1 is 0.971 bits per heavy atom. The van der Waals surface area contributed by atoms with Crippen LogP contribution in [-0.4, -0.2) is 88.7 Å². The largest absolute Gasteiger partial charge is 0.493 e. The van der Waals surface area contributed by atoms with E-state index in [4.69, 9.17) is 33.7 Å². The summed E-state index contributed by atoms with van der Waals surface area (Å²) < 4.78 is 47.6. The van der Waals surface area contributed by atoms with Crippen molar-refractivity contribution in [1.29, 1.82) is 0 Å². The summed E-state index contributed by atoms with van der Waals surface area (Å²) >= 11 is 1.71. The number of thioether (sulfide) groups is 1. The Hall–Kier alpha value is -5.78. The van der Waals surface area contributed by atoms with Gasteiger partial charge in [0.05, 0.1) is 36.4 Å². The third-order valence-corrected chi connectivity index (χ3v) is 14.5. The first-order chi connectivity index (χ1) is 34.2. The summed E-state index contributed by atoms with van der Waals surface area (Å²) in [6, 6.07) is 26.1. The van der Waals surface area contributed by atoms with Crippen molar-refractivity contribution < 1.29 is 52.8 Å². The van der Waals surface area contributed by atoms with E-state index in [0.29, 0.717) is 55.3 Å². The summed E-state index contributed by atoms with van der Waals surface area (Å²) in [7, 11) is 0. The van der Waals surface area contributed by atoms with E-state index in [1.54, 1.807) is 30.0 Å². The monoisotopic (exact) mass is 979 g/mol. The number of hydrogen-bond donors (Lipinski definition) is 2. The number of carbonyl (C=O) groups excluding carboxylic acids is 1. The molecule has 2 aliphatic heterocycles. The molecule has 1 saturated carbocycles. The average molecular weight is 980 g/mol. The molecule has 1 saturated heterocycles. The molecular weight excluding hydrogens is 918 g/mol. The minimum atomic E-state index is -1.63. The van der Waals surface area contributed by atoms with Crippen molar-refractivity contribution in [3.8, 4) is 17.2 Å². The SMILES string of the molecule is C=CCOC12Oc3ccc(OCCSc4ccccc4)cc3C3C(CCCCO)C(CCCCO)C=C(C(=NOC4CCCCO4)CC1N(Cc1ccc(F)cc1)C(=O)Oc1ccc([N+](=O)[O-])cc1)C32. The van der Waals surface area contributed by atoms with Crippen molar-refractivity contribution in [3.63, 3.8) is 0 Å². The lowest BCUT2D eigenvalue weighted by Gasteiger charge is -2.59. The van der Waals surface area contributed by atoms with E-state index in [9.17, 15) is 24.7 Å². The standard InChI is InChI=1S/C54H62FN3O11S/c1-2-29-66-54-49(57(36-37-17-19-39(55)20-18-37)53(61)67-41-23-21-40(22-24-41)58(62)63)35-47(56-69-50-16-8-11-30-65-50)45-33-38(12-6-9-27-59)44(15-7-10-28-60)51(52(45)54)46-34-42(25-26-48(46)68-54)64-31-32-70-43-13-4-3-5-14-43/h2-5,13-14,17-26,33-34,38,44,49-52,59-60H,1,6-12,15-16,27-32,35-36H2. The third-order valence-electron chi connectivity index (χ3n) is 13.6. The number of nitro benzene ring substituents is 1. The van der Waals surface area contributed by atoms with Crippen LogP contribution in [-0.2, 0) is 20.9 Å². The number of amides is 1. The first-order valence-electron chi connectivity index (χ1n) is 24.3. The number of benzene rings is 4. The number of aliphatic hydroxyl groups is 2. The Labute approximate surface area is 412 Å². The van der Waals surface area contributed by atoms with Gasteiger partial charge in [0.25, 0.3) is 5.69 Å². The fourth-order valence-electron chi connectivity index (χ4n) is 10.4. The van der Waals surface area contributed by atoms with E-state index in [-0.39, 0.29) is 62.0 Å². The van der Waals surface area contributed by atoms with Gasteiger partial charge in [0.15, 0.2) is 0 Å². The van der Waals surface area contributed by atoms with Crippen LogP contribution in [0.1, 0.15) is 81.3 Å². The molecule has 4 aliphatic rings. The van der Waals surface area contributed by atoms with Gasteiger partial charge in [-0.1, -0.05) is 60.5 Å².